The topological polar surface area (TPSA) is 151 Å². The van der Waals surface area contributed by atoms with Crippen molar-refractivity contribution in [3.05, 3.63) is 119 Å². The summed E-state index contributed by atoms with van der Waals surface area (Å²) in [6, 6.07) is 30.8. The monoisotopic (exact) mass is 686 g/mol. The van der Waals surface area contributed by atoms with Crippen molar-refractivity contribution in [3.8, 4) is 11.5 Å². The van der Waals surface area contributed by atoms with Gasteiger partial charge in [-0.05, 0) is 97.7 Å². The summed E-state index contributed by atoms with van der Waals surface area (Å²) < 4.78 is 32.7. The molecule has 49 heavy (non-hydrogen) atoms. The van der Waals surface area contributed by atoms with Crippen LogP contribution >= 0.6 is 0 Å². The number of anilines is 2. The molecule has 0 aliphatic rings. The van der Waals surface area contributed by atoms with Crippen LogP contribution in [-0.2, 0) is 39.1 Å². The number of carbonyl (C=O) groups is 2. The van der Waals surface area contributed by atoms with E-state index < -0.39 is 22.0 Å². The Kier molecular flexibility index (Phi) is 13.6. The van der Waals surface area contributed by atoms with Crippen LogP contribution in [0, 0.1) is 6.92 Å². The second-order valence-electron chi connectivity index (χ2n) is 12.2. The molecule has 1 amide bonds. The van der Waals surface area contributed by atoms with Gasteiger partial charge in [-0.25, -0.2) is 8.42 Å². The summed E-state index contributed by atoms with van der Waals surface area (Å²) in [5.41, 5.74) is 11.2. The van der Waals surface area contributed by atoms with E-state index in [1.54, 1.807) is 6.07 Å². The minimum atomic E-state index is -3.42. The van der Waals surface area contributed by atoms with Crippen LogP contribution in [0.3, 0.4) is 0 Å². The molecule has 11 heteroatoms. The van der Waals surface area contributed by atoms with E-state index in [9.17, 15) is 18.0 Å². The second-order valence-corrected chi connectivity index (χ2v) is 13.9. The first-order chi connectivity index (χ1) is 23.5. The second kappa shape index (κ2) is 18.0. The van der Waals surface area contributed by atoms with E-state index in [1.807, 2.05) is 85.8 Å². The zero-order valence-electron chi connectivity index (χ0n) is 28.1. The van der Waals surface area contributed by atoms with Gasteiger partial charge in [-0.2, -0.15) is 0 Å². The summed E-state index contributed by atoms with van der Waals surface area (Å²) >= 11 is 0. The maximum atomic E-state index is 12.1. The highest BCUT2D eigenvalue weighted by Crippen LogP contribution is 2.31. The Bertz CT molecular complexity index is 1760. The number of nitrogens with zero attached hydrogens (tertiary/aromatic N) is 1. The standard InChI is InChI=1S/C38H46N4O6S/c1-28-35(41-49(2,46)47)14-9-15-36(28)42(26-30-10-4-3-5-11-30)27-31-19-23-33(24-20-31)48-32-21-17-29(18-22-32)12-8-16-37(43)40-25-7-6-13-34(39)38(44)45/h3-5,9-11,14-15,17-24,34,41H,6-8,12-13,16,25-27,39H2,1-2H3,(H,40,43)(H,44,45)/t34-/m0/s1. The quantitative estimate of drug-likeness (QED) is 0.0830. The van der Waals surface area contributed by atoms with Gasteiger partial charge in [0.05, 0.1) is 11.9 Å². The van der Waals surface area contributed by atoms with Gasteiger partial charge in [0.1, 0.15) is 17.5 Å². The van der Waals surface area contributed by atoms with Gasteiger partial charge in [-0.1, -0.05) is 60.7 Å². The fourth-order valence-electron chi connectivity index (χ4n) is 5.43. The number of benzene rings is 4. The molecule has 260 valence electrons. The number of unbranched alkanes of at least 4 members (excludes halogenated alkanes) is 1. The van der Waals surface area contributed by atoms with Crippen LogP contribution in [-0.4, -0.2) is 44.2 Å². The van der Waals surface area contributed by atoms with Crippen molar-refractivity contribution in [1.29, 1.82) is 0 Å². The van der Waals surface area contributed by atoms with Gasteiger partial charge in [0.25, 0.3) is 0 Å². The normalized spacial score (nSPS) is 11.8. The molecule has 0 aromatic heterocycles. The lowest BCUT2D eigenvalue weighted by Gasteiger charge is -2.28. The van der Waals surface area contributed by atoms with E-state index in [-0.39, 0.29) is 5.91 Å². The Labute approximate surface area is 289 Å². The molecule has 4 rings (SSSR count). The molecule has 4 aromatic rings. The molecule has 0 saturated carbocycles. The summed E-state index contributed by atoms with van der Waals surface area (Å²) in [6.07, 6.45) is 4.81. The number of carbonyl (C=O) groups excluding carboxylic acids is 1. The minimum absolute atomic E-state index is 0.0123. The van der Waals surface area contributed by atoms with Crippen molar-refractivity contribution in [2.75, 3.05) is 22.4 Å². The fraction of sp³-hybridized carbons (Fsp3) is 0.316. The van der Waals surface area contributed by atoms with Gasteiger partial charge in [-0.15, -0.1) is 0 Å². The van der Waals surface area contributed by atoms with Gasteiger partial charge >= 0.3 is 5.97 Å². The minimum Gasteiger partial charge on any atom is -0.480 e. The highest BCUT2D eigenvalue weighted by atomic mass is 32.2. The number of aryl methyl sites for hydroxylation is 1. The van der Waals surface area contributed by atoms with E-state index >= 15 is 0 Å². The Hall–Kier alpha value is -4.87. The highest BCUT2D eigenvalue weighted by Gasteiger charge is 2.16. The molecule has 10 nitrogen and oxygen atoms in total. The zero-order valence-corrected chi connectivity index (χ0v) is 28.9. The molecule has 0 saturated heterocycles. The lowest BCUT2D eigenvalue weighted by Crippen LogP contribution is -2.30. The number of ether oxygens (including phenoxy) is 1. The van der Waals surface area contributed by atoms with Crippen molar-refractivity contribution in [3.63, 3.8) is 0 Å². The number of rotatable bonds is 19. The van der Waals surface area contributed by atoms with Crippen LogP contribution in [0.2, 0.25) is 0 Å². The lowest BCUT2D eigenvalue weighted by atomic mass is 10.1. The van der Waals surface area contributed by atoms with E-state index in [1.165, 1.54) is 0 Å². The van der Waals surface area contributed by atoms with E-state index in [0.29, 0.717) is 62.5 Å². The van der Waals surface area contributed by atoms with E-state index in [4.69, 9.17) is 15.6 Å². The van der Waals surface area contributed by atoms with Crippen LogP contribution in [0.25, 0.3) is 0 Å². The third kappa shape index (κ3) is 12.6. The number of hydrogen-bond donors (Lipinski definition) is 4. The van der Waals surface area contributed by atoms with Crippen LogP contribution in [0.15, 0.2) is 97.1 Å². The molecule has 5 N–H and O–H groups in total. The molecule has 1 atom stereocenters. The SMILES string of the molecule is Cc1c(NS(C)(=O)=O)cccc1N(Cc1ccccc1)Cc1ccc(Oc2ccc(CCCC(=O)NCCCC[C@H](N)C(=O)O)cc2)cc1. The fourth-order valence-corrected chi connectivity index (χ4v) is 6.05. The average Bonchev–Trinajstić information content (AvgIpc) is 3.06. The summed E-state index contributed by atoms with van der Waals surface area (Å²) in [5.74, 6) is 0.414. The number of amides is 1. The number of sulfonamides is 1. The predicted molar refractivity (Wildman–Crippen MR) is 194 cm³/mol. The molecule has 0 bridgehead atoms. The van der Waals surface area contributed by atoms with Gasteiger partial charge in [0.2, 0.25) is 15.9 Å². The number of nitrogens with two attached hydrogens (primary N) is 1. The zero-order chi connectivity index (χ0) is 35.2. The van der Waals surface area contributed by atoms with Crippen molar-refractivity contribution < 1.29 is 27.9 Å². The van der Waals surface area contributed by atoms with E-state index in [0.717, 1.165) is 47.0 Å². The Balaban J connectivity index is 1.29. The van der Waals surface area contributed by atoms with E-state index in [2.05, 4.69) is 27.1 Å². The van der Waals surface area contributed by atoms with Crippen molar-refractivity contribution in [1.82, 2.24) is 5.32 Å². The molecule has 0 radical (unpaired) electrons. The summed E-state index contributed by atoms with van der Waals surface area (Å²) in [6.45, 7) is 3.69. The Morgan fingerprint density at radius 1 is 0.816 bits per heavy atom. The van der Waals surface area contributed by atoms with Crippen LogP contribution in [0.1, 0.15) is 54.4 Å². The number of aliphatic carboxylic acids is 1. The molecular weight excluding hydrogens is 641 g/mol. The van der Waals surface area contributed by atoms with Crippen LogP contribution in [0.4, 0.5) is 11.4 Å². The maximum Gasteiger partial charge on any atom is 0.320 e. The molecular formula is C38H46N4O6S. The number of hydrogen-bond acceptors (Lipinski definition) is 7. The molecule has 0 heterocycles. The molecule has 0 spiro atoms. The molecule has 0 unspecified atom stereocenters. The maximum absolute atomic E-state index is 12.1. The predicted octanol–water partition coefficient (Wildman–Crippen LogP) is 6.39. The first kappa shape index (κ1) is 37.0. The Morgan fingerprint density at radius 2 is 1.43 bits per heavy atom. The number of carboxylic acids is 1. The third-order valence-electron chi connectivity index (χ3n) is 8.06. The smallest absolute Gasteiger partial charge is 0.320 e. The molecule has 4 aromatic carbocycles. The molecule has 0 aliphatic carbocycles. The van der Waals surface area contributed by atoms with Gasteiger partial charge in [0.15, 0.2) is 0 Å². The van der Waals surface area contributed by atoms with Crippen molar-refractivity contribution in [2.45, 2.75) is 64.6 Å². The Morgan fingerprint density at radius 3 is 2.04 bits per heavy atom. The van der Waals surface area contributed by atoms with Crippen molar-refractivity contribution >= 4 is 33.3 Å². The number of nitrogens with one attached hydrogen (secondary N) is 2. The molecule has 0 aliphatic heterocycles. The average molecular weight is 687 g/mol. The first-order valence-corrected chi connectivity index (χ1v) is 18.3. The highest BCUT2D eigenvalue weighted by molar-refractivity contribution is 7.92. The van der Waals surface area contributed by atoms with Gasteiger partial charge < -0.3 is 25.8 Å². The molecule has 0 fully saturated rings. The van der Waals surface area contributed by atoms with Gasteiger partial charge in [0, 0.05) is 31.7 Å². The summed E-state index contributed by atoms with van der Waals surface area (Å²) in [5, 5.41) is 11.7. The summed E-state index contributed by atoms with van der Waals surface area (Å²) in [7, 11) is -3.42. The third-order valence-corrected chi connectivity index (χ3v) is 8.65. The first-order valence-electron chi connectivity index (χ1n) is 16.4. The summed E-state index contributed by atoms with van der Waals surface area (Å²) in [4.78, 5) is 25.1. The largest absolute Gasteiger partial charge is 0.480 e. The number of carboxylic acid groups (broad SMARTS) is 1. The van der Waals surface area contributed by atoms with Crippen LogP contribution < -0.4 is 25.4 Å². The lowest BCUT2D eigenvalue weighted by molar-refractivity contribution is -0.138. The van der Waals surface area contributed by atoms with Crippen LogP contribution in [0.5, 0.6) is 11.5 Å². The van der Waals surface area contributed by atoms with Gasteiger partial charge in [-0.3, -0.25) is 14.3 Å². The van der Waals surface area contributed by atoms with Crippen molar-refractivity contribution in [2.24, 2.45) is 5.73 Å².